The van der Waals surface area contributed by atoms with Gasteiger partial charge in [-0.15, -0.1) is 0 Å². The van der Waals surface area contributed by atoms with Crippen LogP contribution in [0.3, 0.4) is 0 Å². The Hall–Kier alpha value is -1.31. The summed E-state index contributed by atoms with van der Waals surface area (Å²) in [5.74, 6) is 0.0241. The van der Waals surface area contributed by atoms with E-state index in [0.29, 0.717) is 0 Å². The van der Waals surface area contributed by atoms with Crippen molar-refractivity contribution in [1.82, 2.24) is 0 Å². The number of rotatable bonds is 3. The Kier molecular flexibility index (Phi) is 3.51. The lowest BCUT2D eigenvalue weighted by molar-refractivity contribution is -0.148. The third kappa shape index (κ3) is 2.04. The van der Waals surface area contributed by atoms with Gasteiger partial charge in [0.25, 0.3) is 0 Å². The summed E-state index contributed by atoms with van der Waals surface area (Å²) in [6, 6.07) is 9.77. The van der Waals surface area contributed by atoms with E-state index in [4.69, 9.17) is 4.74 Å². The molecule has 0 amide bonds. The van der Waals surface area contributed by atoms with Gasteiger partial charge in [0.15, 0.2) is 0 Å². The highest BCUT2D eigenvalue weighted by Gasteiger charge is 2.39. The van der Waals surface area contributed by atoms with E-state index in [9.17, 15) is 4.79 Å². The quantitative estimate of drug-likeness (QED) is 0.711. The zero-order chi connectivity index (χ0) is 11.5. The molecule has 1 aromatic rings. The first-order valence-corrected chi connectivity index (χ1v) is 5.17. The van der Waals surface area contributed by atoms with Gasteiger partial charge in [-0.1, -0.05) is 44.2 Å². The van der Waals surface area contributed by atoms with Crippen LogP contribution in [0.5, 0.6) is 0 Å². The Morgan fingerprint density at radius 3 is 2.20 bits per heavy atom. The summed E-state index contributed by atoms with van der Waals surface area (Å²) in [5.41, 5.74) is 0.447. The van der Waals surface area contributed by atoms with Crippen LogP contribution in [-0.2, 0) is 14.9 Å². The summed E-state index contributed by atoms with van der Waals surface area (Å²) < 4.78 is 4.89. The predicted molar refractivity (Wildman–Crippen MR) is 60.6 cm³/mol. The lowest BCUT2D eigenvalue weighted by Gasteiger charge is -2.31. The fraction of sp³-hybridized carbons (Fsp3) is 0.462. The molecule has 1 atom stereocenters. The molecule has 0 fully saturated rings. The molecule has 1 rings (SSSR count). The number of methoxy groups -OCH3 is 1. The van der Waals surface area contributed by atoms with Crippen LogP contribution in [0.2, 0.25) is 0 Å². The molecule has 82 valence electrons. The van der Waals surface area contributed by atoms with E-state index in [-0.39, 0.29) is 11.9 Å². The number of hydrogen-bond donors (Lipinski definition) is 0. The second-order valence-corrected chi connectivity index (χ2v) is 4.21. The van der Waals surface area contributed by atoms with E-state index in [0.717, 1.165) is 5.56 Å². The molecule has 0 radical (unpaired) electrons. The number of carbonyl (C=O) groups is 1. The lowest BCUT2D eigenvalue weighted by Crippen LogP contribution is -2.38. The van der Waals surface area contributed by atoms with Gasteiger partial charge in [-0.05, 0) is 18.4 Å². The van der Waals surface area contributed by atoms with Gasteiger partial charge in [0.1, 0.15) is 0 Å². The highest BCUT2D eigenvalue weighted by molar-refractivity contribution is 5.82. The molecule has 0 aliphatic carbocycles. The Morgan fingerprint density at radius 2 is 1.80 bits per heavy atom. The molecule has 0 aliphatic heterocycles. The lowest BCUT2D eigenvalue weighted by atomic mass is 9.73. The third-order valence-electron chi connectivity index (χ3n) is 3.14. The summed E-state index contributed by atoms with van der Waals surface area (Å²) in [7, 11) is 1.44. The van der Waals surface area contributed by atoms with Crippen molar-refractivity contribution in [3.63, 3.8) is 0 Å². The van der Waals surface area contributed by atoms with Gasteiger partial charge in [-0.2, -0.15) is 0 Å². The molecule has 0 heterocycles. The minimum absolute atomic E-state index is 0.177. The molecule has 2 heteroatoms. The van der Waals surface area contributed by atoms with Gasteiger partial charge >= 0.3 is 5.97 Å². The van der Waals surface area contributed by atoms with Gasteiger partial charge in [-0.3, -0.25) is 4.79 Å². The molecule has 15 heavy (non-hydrogen) atoms. The zero-order valence-electron chi connectivity index (χ0n) is 9.78. The largest absolute Gasteiger partial charge is 0.468 e. The van der Waals surface area contributed by atoms with Gasteiger partial charge in [0.2, 0.25) is 0 Å². The molecule has 1 unspecified atom stereocenters. The first-order chi connectivity index (χ1) is 7.03. The fourth-order valence-electron chi connectivity index (χ4n) is 1.68. The van der Waals surface area contributed by atoms with E-state index >= 15 is 0 Å². The van der Waals surface area contributed by atoms with Crippen molar-refractivity contribution < 1.29 is 9.53 Å². The summed E-state index contributed by atoms with van der Waals surface area (Å²) in [6.45, 7) is 5.99. The van der Waals surface area contributed by atoms with Crippen LogP contribution in [0.25, 0.3) is 0 Å². The SMILES string of the molecule is COC(=O)C(C)(c1ccccc1)C(C)C. The Labute approximate surface area is 91.3 Å². The van der Waals surface area contributed by atoms with Crippen LogP contribution >= 0.6 is 0 Å². The highest BCUT2D eigenvalue weighted by Crippen LogP contribution is 2.32. The van der Waals surface area contributed by atoms with Crippen LogP contribution in [-0.4, -0.2) is 13.1 Å². The zero-order valence-corrected chi connectivity index (χ0v) is 9.78. The monoisotopic (exact) mass is 206 g/mol. The molecular weight excluding hydrogens is 188 g/mol. The molecule has 0 saturated carbocycles. The summed E-state index contributed by atoms with van der Waals surface area (Å²) >= 11 is 0. The van der Waals surface area contributed by atoms with E-state index in [1.165, 1.54) is 7.11 Å². The van der Waals surface area contributed by atoms with Crippen LogP contribution in [0.15, 0.2) is 30.3 Å². The third-order valence-corrected chi connectivity index (χ3v) is 3.14. The number of benzene rings is 1. The maximum Gasteiger partial charge on any atom is 0.316 e. The Morgan fingerprint density at radius 1 is 1.27 bits per heavy atom. The van der Waals surface area contributed by atoms with Crippen LogP contribution in [0, 0.1) is 5.92 Å². The van der Waals surface area contributed by atoms with Crippen molar-refractivity contribution >= 4 is 5.97 Å². The second-order valence-electron chi connectivity index (χ2n) is 4.21. The minimum atomic E-state index is -0.560. The normalized spacial score (nSPS) is 14.7. The second kappa shape index (κ2) is 4.47. The minimum Gasteiger partial charge on any atom is -0.468 e. The maximum absolute atomic E-state index is 11.9. The fourth-order valence-corrected chi connectivity index (χ4v) is 1.68. The molecule has 0 saturated heterocycles. The summed E-state index contributed by atoms with van der Waals surface area (Å²) in [6.07, 6.45) is 0. The summed E-state index contributed by atoms with van der Waals surface area (Å²) in [5, 5.41) is 0. The van der Waals surface area contributed by atoms with Crippen molar-refractivity contribution in [3.8, 4) is 0 Å². The Bertz CT molecular complexity index is 330. The van der Waals surface area contributed by atoms with Crippen molar-refractivity contribution in [2.24, 2.45) is 5.92 Å². The topological polar surface area (TPSA) is 26.3 Å². The first kappa shape index (κ1) is 11.8. The van der Waals surface area contributed by atoms with Crippen LogP contribution in [0.1, 0.15) is 26.3 Å². The number of carbonyl (C=O) groups excluding carboxylic acids is 1. The predicted octanol–water partition coefficient (Wildman–Crippen LogP) is 2.77. The average Bonchev–Trinajstić information content (AvgIpc) is 2.27. The number of ether oxygens (including phenoxy) is 1. The van der Waals surface area contributed by atoms with Gasteiger partial charge < -0.3 is 4.74 Å². The smallest absolute Gasteiger partial charge is 0.316 e. The molecule has 0 aliphatic rings. The molecule has 0 bridgehead atoms. The standard InChI is InChI=1S/C13H18O2/c1-10(2)13(3,12(14)15-4)11-8-6-5-7-9-11/h5-10H,1-4H3. The molecule has 0 aromatic heterocycles. The molecule has 0 spiro atoms. The van der Waals surface area contributed by atoms with Crippen LogP contribution in [0.4, 0.5) is 0 Å². The van der Waals surface area contributed by atoms with Gasteiger partial charge in [0.05, 0.1) is 12.5 Å². The number of esters is 1. The molecule has 2 nitrogen and oxygen atoms in total. The van der Waals surface area contributed by atoms with Crippen molar-refractivity contribution in [1.29, 1.82) is 0 Å². The highest BCUT2D eigenvalue weighted by atomic mass is 16.5. The van der Waals surface area contributed by atoms with E-state index in [1.807, 2.05) is 51.1 Å². The molecular formula is C13H18O2. The first-order valence-electron chi connectivity index (χ1n) is 5.17. The van der Waals surface area contributed by atoms with E-state index in [1.54, 1.807) is 0 Å². The number of hydrogen-bond acceptors (Lipinski definition) is 2. The Balaban J connectivity index is 3.19. The average molecular weight is 206 g/mol. The van der Waals surface area contributed by atoms with Gasteiger partial charge in [-0.25, -0.2) is 0 Å². The van der Waals surface area contributed by atoms with Crippen molar-refractivity contribution in [2.75, 3.05) is 7.11 Å². The van der Waals surface area contributed by atoms with Crippen LogP contribution < -0.4 is 0 Å². The van der Waals surface area contributed by atoms with E-state index in [2.05, 4.69) is 0 Å². The van der Waals surface area contributed by atoms with Crippen molar-refractivity contribution in [3.05, 3.63) is 35.9 Å². The van der Waals surface area contributed by atoms with E-state index < -0.39 is 5.41 Å². The summed E-state index contributed by atoms with van der Waals surface area (Å²) in [4.78, 5) is 11.9. The molecule has 0 N–H and O–H groups in total. The molecule has 1 aromatic carbocycles. The van der Waals surface area contributed by atoms with Gasteiger partial charge in [0, 0.05) is 0 Å². The van der Waals surface area contributed by atoms with Crippen molar-refractivity contribution in [2.45, 2.75) is 26.2 Å². The maximum atomic E-state index is 11.9.